The van der Waals surface area contributed by atoms with E-state index in [1.165, 1.54) is 10.7 Å². The number of amides is 1. The zero-order chi connectivity index (χ0) is 15.7. The molecule has 0 radical (unpaired) electrons. The van der Waals surface area contributed by atoms with Crippen molar-refractivity contribution in [1.82, 2.24) is 15.1 Å². The molecule has 2 saturated carbocycles. The number of rotatable bonds is 4. The lowest BCUT2D eigenvalue weighted by molar-refractivity contribution is -0.125. The van der Waals surface area contributed by atoms with Gasteiger partial charge in [-0.1, -0.05) is 6.92 Å². The molecule has 1 atom stereocenters. The molecule has 2 fully saturated rings. The van der Waals surface area contributed by atoms with Crippen LogP contribution in [0.2, 0.25) is 0 Å². The quantitative estimate of drug-likeness (QED) is 0.929. The van der Waals surface area contributed by atoms with Crippen molar-refractivity contribution >= 4 is 5.91 Å². The summed E-state index contributed by atoms with van der Waals surface area (Å²) in [6, 6.07) is 3.02. The largest absolute Gasteiger partial charge is 0.352 e. The first kappa shape index (κ1) is 15.3. The maximum Gasteiger partial charge on any atom is 0.267 e. The Labute approximate surface area is 131 Å². The number of nitrogens with zero attached hydrogens (tertiary/aromatic N) is 2. The number of aromatic nitrogens is 2. The van der Waals surface area contributed by atoms with Gasteiger partial charge in [0, 0.05) is 18.0 Å². The van der Waals surface area contributed by atoms with Gasteiger partial charge in [-0.3, -0.25) is 9.59 Å². The van der Waals surface area contributed by atoms with Crippen molar-refractivity contribution in [1.29, 1.82) is 0 Å². The smallest absolute Gasteiger partial charge is 0.267 e. The highest BCUT2D eigenvalue weighted by Crippen LogP contribution is 2.38. The minimum absolute atomic E-state index is 0.0953. The number of carbonyl (C=O) groups is 1. The highest BCUT2D eigenvalue weighted by atomic mass is 16.2. The summed E-state index contributed by atoms with van der Waals surface area (Å²) in [5.74, 6) is 1.13. The Morgan fingerprint density at radius 2 is 1.91 bits per heavy atom. The minimum atomic E-state index is -0.550. The van der Waals surface area contributed by atoms with Gasteiger partial charge in [0.15, 0.2) is 0 Å². The van der Waals surface area contributed by atoms with Crippen LogP contribution in [0.25, 0.3) is 0 Å². The summed E-state index contributed by atoms with van der Waals surface area (Å²) >= 11 is 0. The van der Waals surface area contributed by atoms with Gasteiger partial charge in [-0.25, -0.2) is 4.68 Å². The van der Waals surface area contributed by atoms with Gasteiger partial charge in [-0.05, 0) is 57.4 Å². The third-order valence-electron chi connectivity index (χ3n) is 4.95. The maximum atomic E-state index is 12.4. The predicted molar refractivity (Wildman–Crippen MR) is 84.7 cm³/mol. The third-order valence-corrected chi connectivity index (χ3v) is 4.95. The van der Waals surface area contributed by atoms with Crippen LogP contribution in [-0.4, -0.2) is 21.7 Å². The Hall–Kier alpha value is -1.65. The van der Waals surface area contributed by atoms with E-state index in [4.69, 9.17) is 0 Å². The van der Waals surface area contributed by atoms with Crippen LogP contribution in [0.5, 0.6) is 0 Å². The van der Waals surface area contributed by atoms with Crippen molar-refractivity contribution < 1.29 is 4.79 Å². The molecule has 3 rings (SSSR count). The number of nitrogens with one attached hydrogen (secondary N) is 1. The molecule has 1 aromatic rings. The molecule has 2 aliphatic carbocycles. The van der Waals surface area contributed by atoms with Gasteiger partial charge >= 0.3 is 0 Å². The van der Waals surface area contributed by atoms with Crippen molar-refractivity contribution in [2.75, 3.05) is 0 Å². The summed E-state index contributed by atoms with van der Waals surface area (Å²) in [6.07, 6.45) is 6.65. The molecule has 5 heteroatoms. The second-order valence-corrected chi connectivity index (χ2v) is 6.96. The van der Waals surface area contributed by atoms with Gasteiger partial charge in [0.1, 0.15) is 6.04 Å². The lowest BCUT2D eigenvalue weighted by Crippen LogP contribution is -2.43. The Balaban J connectivity index is 1.67. The van der Waals surface area contributed by atoms with E-state index < -0.39 is 6.04 Å². The van der Waals surface area contributed by atoms with E-state index in [1.807, 2.05) is 0 Å². The van der Waals surface area contributed by atoms with Crippen LogP contribution in [0.3, 0.4) is 0 Å². The van der Waals surface area contributed by atoms with E-state index >= 15 is 0 Å². The maximum absolute atomic E-state index is 12.4. The Morgan fingerprint density at radius 3 is 2.55 bits per heavy atom. The fourth-order valence-corrected chi connectivity index (χ4v) is 3.15. The molecule has 0 aliphatic heterocycles. The van der Waals surface area contributed by atoms with E-state index in [0.717, 1.165) is 50.1 Å². The molecule has 120 valence electrons. The number of carbonyl (C=O) groups excluding carboxylic acids is 1. The summed E-state index contributed by atoms with van der Waals surface area (Å²) < 4.78 is 1.34. The van der Waals surface area contributed by atoms with Crippen LogP contribution in [0.15, 0.2) is 16.9 Å². The molecule has 5 nitrogen and oxygen atoms in total. The van der Waals surface area contributed by atoms with Gasteiger partial charge < -0.3 is 5.32 Å². The molecule has 1 amide bonds. The van der Waals surface area contributed by atoms with E-state index in [2.05, 4.69) is 17.3 Å². The van der Waals surface area contributed by atoms with Crippen molar-refractivity contribution in [2.45, 2.75) is 70.4 Å². The molecule has 1 N–H and O–H groups in total. The monoisotopic (exact) mass is 303 g/mol. The molecule has 0 saturated heterocycles. The van der Waals surface area contributed by atoms with Crippen LogP contribution in [0.4, 0.5) is 0 Å². The van der Waals surface area contributed by atoms with E-state index in [1.54, 1.807) is 13.0 Å². The molecule has 1 heterocycles. The first-order valence-corrected chi connectivity index (χ1v) is 8.44. The molecule has 1 aromatic heterocycles. The van der Waals surface area contributed by atoms with Crippen LogP contribution < -0.4 is 10.9 Å². The van der Waals surface area contributed by atoms with Gasteiger partial charge in [0.25, 0.3) is 5.56 Å². The molecule has 0 bridgehead atoms. The molecule has 0 aromatic carbocycles. The molecule has 2 aliphatic rings. The fourth-order valence-electron chi connectivity index (χ4n) is 3.15. The second kappa shape index (κ2) is 6.23. The van der Waals surface area contributed by atoms with Gasteiger partial charge in [-0.15, -0.1) is 0 Å². The minimum Gasteiger partial charge on any atom is -0.352 e. The fraction of sp³-hybridized carbons (Fsp3) is 0.706. The van der Waals surface area contributed by atoms with Crippen molar-refractivity contribution in [2.24, 2.45) is 5.92 Å². The first-order chi connectivity index (χ1) is 10.5. The molecular weight excluding hydrogens is 278 g/mol. The number of hydrogen-bond acceptors (Lipinski definition) is 3. The molecule has 0 spiro atoms. The topological polar surface area (TPSA) is 64.0 Å². The van der Waals surface area contributed by atoms with E-state index in [9.17, 15) is 9.59 Å². The van der Waals surface area contributed by atoms with Crippen LogP contribution in [0, 0.1) is 5.92 Å². The standard InChI is InChI=1S/C17H25N3O2/c1-11-3-7-14(8-4-11)18-17(22)12(2)20-16(21)10-9-15(19-20)13-5-6-13/h9-14H,3-8H2,1-2H3,(H,18,22). The molecule has 22 heavy (non-hydrogen) atoms. The van der Waals surface area contributed by atoms with Gasteiger partial charge in [0.05, 0.1) is 5.69 Å². The van der Waals surface area contributed by atoms with E-state index in [0.29, 0.717) is 5.92 Å². The van der Waals surface area contributed by atoms with Crippen LogP contribution >= 0.6 is 0 Å². The predicted octanol–water partition coefficient (Wildman–Crippen LogP) is 2.38. The average Bonchev–Trinajstić information content (AvgIpc) is 3.34. The highest BCUT2D eigenvalue weighted by Gasteiger charge is 2.28. The Kier molecular flexibility index (Phi) is 4.32. The SMILES string of the molecule is CC1CCC(NC(=O)C(C)n2nc(C3CC3)ccc2=O)CC1. The van der Waals surface area contributed by atoms with Gasteiger partial charge in [0.2, 0.25) is 5.91 Å². The normalized spacial score (nSPS) is 26.5. The lowest BCUT2D eigenvalue weighted by Gasteiger charge is -2.28. The highest BCUT2D eigenvalue weighted by molar-refractivity contribution is 5.80. The summed E-state index contributed by atoms with van der Waals surface area (Å²) in [4.78, 5) is 24.4. The summed E-state index contributed by atoms with van der Waals surface area (Å²) in [7, 11) is 0. The summed E-state index contributed by atoms with van der Waals surface area (Å²) in [6.45, 7) is 4.01. The zero-order valence-corrected chi connectivity index (χ0v) is 13.4. The lowest BCUT2D eigenvalue weighted by atomic mass is 9.87. The Bertz CT molecular complexity index is 598. The van der Waals surface area contributed by atoms with Crippen molar-refractivity contribution in [3.8, 4) is 0 Å². The van der Waals surface area contributed by atoms with Crippen LogP contribution in [-0.2, 0) is 4.79 Å². The number of hydrogen-bond donors (Lipinski definition) is 1. The molecule has 1 unspecified atom stereocenters. The summed E-state index contributed by atoms with van der Waals surface area (Å²) in [5, 5.41) is 7.49. The third kappa shape index (κ3) is 3.39. The first-order valence-electron chi connectivity index (χ1n) is 8.44. The summed E-state index contributed by atoms with van der Waals surface area (Å²) in [5.41, 5.74) is 0.732. The van der Waals surface area contributed by atoms with Crippen molar-refractivity contribution in [3.05, 3.63) is 28.2 Å². The molecular formula is C17H25N3O2. The van der Waals surface area contributed by atoms with Gasteiger partial charge in [-0.2, -0.15) is 5.10 Å². The average molecular weight is 303 g/mol. The Morgan fingerprint density at radius 1 is 1.23 bits per heavy atom. The van der Waals surface area contributed by atoms with Crippen LogP contribution in [0.1, 0.15) is 70.0 Å². The van der Waals surface area contributed by atoms with Crippen molar-refractivity contribution in [3.63, 3.8) is 0 Å². The zero-order valence-electron chi connectivity index (χ0n) is 13.4. The van der Waals surface area contributed by atoms with E-state index in [-0.39, 0.29) is 17.5 Å². The second-order valence-electron chi connectivity index (χ2n) is 6.96.